The van der Waals surface area contributed by atoms with Crippen LogP contribution < -0.4 is 20.6 Å². The number of guanidine groups is 1. The van der Waals surface area contributed by atoms with E-state index < -0.39 is 32.8 Å². The van der Waals surface area contributed by atoms with Gasteiger partial charge in [0, 0.05) is 13.2 Å². The lowest BCUT2D eigenvalue weighted by Gasteiger charge is -2.22. The lowest BCUT2D eigenvalue weighted by molar-refractivity contribution is 0.0596. The van der Waals surface area contributed by atoms with Gasteiger partial charge < -0.3 is 25.8 Å². The average molecular weight is 424 g/mol. The summed E-state index contributed by atoms with van der Waals surface area (Å²) in [5.41, 5.74) is 5.84. The standard InChI is InChI=1S/C16H20N6O6S/c1-26-9-10-8-13(27-2)20-16(19-10)22(15(17)21-18)29(24,25)12-7-5-4-6-11(12)14(23)28-3/h4-8H,9,18H2,1-3H3,(H2,17,21). The van der Waals surface area contributed by atoms with E-state index in [1.165, 1.54) is 44.6 Å². The summed E-state index contributed by atoms with van der Waals surface area (Å²) in [5.74, 6) is 3.38. The molecule has 1 aromatic heterocycles. The van der Waals surface area contributed by atoms with Crippen LogP contribution in [0.15, 0.2) is 40.3 Å². The van der Waals surface area contributed by atoms with E-state index in [1.807, 2.05) is 0 Å². The molecular formula is C16H20N6O6S. The fourth-order valence-corrected chi connectivity index (χ4v) is 3.80. The molecule has 13 heteroatoms. The Morgan fingerprint density at radius 3 is 2.48 bits per heavy atom. The van der Waals surface area contributed by atoms with Gasteiger partial charge in [0.25, 0.3) is 16.0 Å². The minimum atomic E-state index is -4.53. The number of hydrazone groups is 1. The Balaban J connectivity index is 2.75. The first-order valence-electron chi connectivity index (χ1n) is 7.97. The number of ether oxygens (including phenoxy) is 3. The second kappa shape index (κ2) is 9.16. The molecule has 0 aliphatic carbocycles. The van der Waals surface area contributed by atoms with Crippen LogP contribution in [0.4, 0.5) is 5.95 Å². The number of rotatable bonds is 7. The van der Waals surface area contributed by atoms with Gasteiger partial charge in [-0.3, -0.25) is 0 Å². The summed E-state index contributed by atoms with van der Waals surface area (Å²) in [6.45, 7) is 0.0399. The number of carbonyl (C=O) groups excluding carboxylic acids is 1. The van der Waals surface area contributed by atoms with Gasteiger partial charge in [-0.05, 0) is 12.1 Å². The normalized spacial score (nSPS) is 11.8. The Morgan fingerprint density at radius 2 is 1.90 bits per heavy atom. The van der Waals surface area contributed by atoms with E-state index in [0.717, 1.165) is 7.11 Å². The molecule has 0 atom stereocenters. The molecule has 1 aromatic carbocycles. The van der Waals surface area contributed by atoms with Crippen LogP contribution in [0.1, 0.15) is 16.1 Å². The number of hydrogen-bond donors (Lipinski definition) is 2. The molecule has 0 saturated heterocycles. The molecule has 0 bridgehead atoms. The van der Waals surface area contributed by atoms with Crippen molar-refractivity contribution in [3.05, 3.63) is 41.6 Å². The van der Waals surface area contributed by atoms with Crippen LogP contribution in [-0.4, -0.2) is 51.6 Å². The number of hydrogen-bond acceptors (Lipinski definition) is 10. The molecule has 0 saturated carbocycles. The van der Waals surface area contributed by atoms with Crippen molar-refractivity contribution in [2.24, 2.45) is 16.7 Å². The third kappa shape index (κ3) is 4.52. The molecule has 0 radical (unpaired) electrons. The molecule has 12 nitrogen and oxygen atoms in total. The van der Waals surface area contributed by atoms with Crippen molar-refractivity contribution in [3.8, 4) is 5.88 Å². The summed E-state index contributed by atoms with van der Waals surface area (Å²) in [4.78, 5) is 19.8. The number of sulfonamides is 1. The zero-order valence-corrected chi connectivity index (χ0v) is 16.7. The molecule has 2 rings (SSSR count). The number of benzene rings is 1. The lowest BCUT2D eigenvalue weighted by atomic mass is 10.2. The highest BCUT2D eigenvalue weighted by Crippen LogP contribution is 2.26. The maximum Gasteiger partial charge on any atom is 0.339 e. The monoisotopic (exact) mass is 424 g/mol. The van der Waals surface area contributed by atoms with Gasteiger partial charge in [0.15, 0.2) is 0 Å². The van der Waals surface area contributed by atoms with Gasteiger partial charge in [-0.25, -0.2) is 18.2 Å². The number of nitrogens with zero attached hydrogens (tertiary/aromatic N) is 4. The third-order valence-electron chi connectivity index (χ3n) is 3.58. The lowest BCUT2D eigenvalue weighted by Crippen LogP contribution is -2.44. The van der Waals surface area contributed by atoms with Crippen molar-refractivity contribution in [3.63, 3.8) is 0 Å². The van der Waals surface area contributed by atoms with E-state index >= 15 is 0 Å². The van der Waals surface area contributed by atoms with Crippen molar-refractivity contribution in [2.75, 3.05) is 25.6 Å². The zero-order valence-electron chi connectivity index (χ0n) is 15.9. The van der Waals surface area contributed by atoms with E-state index in [1.54, 1.807) is 0 Å². The van der Waals surface area contributed by atoms with Crippen molar-refractivity contribution in [2.45, 2.75) is 11.5 Å². The predicted molar refractivity (Wildman–Crippen MR) is 103 cm³/mol. The number of aromatic nitrogens is 2. The van der Waals surface area contributed by atoms with E-state index in [9.17, 15) is 13.2 Å². The summed E-state index contributed by atoms with van der Waals surface area (Å²) >= 11 is 0. The first-order valence-corrected chi connectivity index (χ1v) is 9.41. The Hall–Kier alpha value is -3.45. The first-order chi connectivity index (χ1) is 13.8. The third-order valence-corrected chi connectivity index (χ3v) is 5.32. The van der Waals surface area contributed by atoms with E-state index in [0.29, 0.717) is 10.00 Å². The van der Waals surface area contributed by atoms with E-state index in [4.69, 9.17) is 21.1 Å². The van der Waals surface area contributed by atoms with Crippen LogP contribution >= 0.6 is 0 Å². The molecule has 2 aromatic rings. The molecule has 29 heavy (non-hydrogen) atoms. The minimum absolute atomic E-state index is 0.0399. The van der Waals surface area contributed by atoms with Crippen LogP contribution in [0.3, 0.4) is 0 Å². The Labute approximate surface area is 167 Å². The first kappa shape index (κ1) is 21.8. The fourth-order valence-electron chi connectivity index (χ4n) is 2.33. The quantitative estimate of drug-likeness (QED) is 0.199. The summed E-state index contributed by atoms with van der Waals surface area (Å²) in [6, 6.07) is 6.85. The Bertz CT molecular complexity index is 1030. The zero-order chi connectivity index (χ0) is 21.6. The number of esters is 1. The van der Waals surface area contributed by atoms with Crippen LogP contribution in [0, 0.1) is 0 Å². The number of methoxy groups -OCH3 is 3. The van der Waals surface area contributed by atoms with Crippen LogP contribution in [-0.2, 0) is 26.1 Å². The summed E-state index contributed by atoms with van der Waals surface area (Å²) in [5, 5.41) is 3.26. The summed E-state index contributed by atoms with van der Waals surface area (Å²) in [7, 11) is -0.629. The molecular weight excluding hydrogens is 404 g/mol. The average Bonchev–Trinajstić information content (AvgIpc) is 2.73. The van der Waals surface area contributed by atoms with Gasteiger partial charge in [0.05, 0.1) is 32.1 Å². The minimum Gasteiger partial charge on any atom is -0.481 e. The number of anilines is 1. The maximum absolute atomic E-state index is 13.4. The molecule has 156 valence electrons. The molecule has 0 aliphatic heterocycles. The number of carbonyl (C=O) groups is 1. The molecule has 0 amide bonds. The molecule has 0 fully saturated rings. The highest BCUT2D eigenvalue weighted by atomic mass is 32.2. The Kier molecular flexibility index (Phi) is 6.90. The maximum atomic E-state index is 13.4. The SMILES string of the molecule is COCc1cc(OC)nc(N(C(N)=NN)S(=O)(=O)c2ccccc2C(=O)OC)n1. The predicted octanol–water partition coefficient (Wildman–Crippen LogP) is -0.198. The van der Waals surface area contributed by atoms with Gasteiger partial charge in [-0.1, -0.05) is 12.1 Å². The second-order valence-electron chi connectivity index (χ2n) is 5.38. The fraction of sp³-hybridized carbons (Fsp3) is 0.250. The molecule has 0 aliphatic rings. The highest BCUT2D eigenvalue weighted by molar-refractivity contribution is 7.93. The largest absolute Gasteiger partial charge is 0.481 e. The van der Waals surface area contributed by atoms with Gasteiger partial charge in [-0.2, -0.15) is 9.29 Å². The van der Waals surface area contributed by atoms with Gasteiger partial charge >= 0.3 is 5.97 Å². The second-order valence-corrected chi connectivity index (χ2v) is 7.13. The van der Waals surface area contributed by atoms with E-state index in [2.05, 4.69) is 19.8 Å². The number of nitrogens with two attached hydrogens (primary N) is 2. The van der Waals surface area contributed by atoms with Crippen LogP contribution in [0.25, 0.3) is 0 Å². The summed E-state index contributed by atoms with van der Waals surface area (Å²) in [6.07, 6.45) is 0. The topological polar surface area (TPSA) is 172 Å². The molecule has 1 heterocycles. The van der Waals surface area contributed by atoms with Gasteiger partial charge in [-0.15, -0.1) is 5.10 Å². The van der Waals surface area contributed by atoms with Crippen molar-refractivity contribution < 1.29 is 27.4 Å². The van der Waals surface area contributed by atoms with Crippen molar-refractivity contribution >= 4 is 27.9 Å². The van der Waals surface area contributed by atoms with E-state index in [-0.39, 0.29) is 18.1 Å². The van der Waals surface area contributed by atoms with Crippen LogP contribution in [0.2, 0.25) is 0 Å². The van der Waals surface area contributed by atoms with Gasteiger partial charge in [0.1, 0.15) is 4.90 Å². The van der Waals surface area contributed by atoms with Crippen molar-refractivity contribution in [1.82, 2.24) is 9.97 Å². The van der Waals surface area contributed by atoms with Crippen molar-refractivity contribution in [1.29, 1.82) is 0 Å². The molecule has 4 N–H and O–H groups in total. The summed E-state index contributed by atoms with van der Waals surface area (Å²) < 4.78 is 42.1. The molecule has 0 unspecified atom stereocenters. The highest BCUT2D eigenvalue weighted by Gasteiger charge is 2.34. The molecule has 0 spiro atoms. The smallest absolute Gasteiger partial charge is 0.339 e. The van der Waals surface area contributed by atoms with Crippen LogP contribution in [0.5, 0.6) is 5.88 Å². The Morgan fingerprint density at radius 1 is 1.21 bits per heavy atom. The van der Waals surface area contributed by atoms with Gasteiger partial charge in [0.2, 0.25) is 11.8 Å².